The summed E-state index contributed by atoms with van der Waals surface area (Å²) < 4.78 is 27.2. The lowest BCUT2D eigenvalue weighted by Crippen LogP contribution is -2.41. The van der Waals surface area contributed by atoms with E-state index in [1.54, 1.807) is 24.3 Å². The minimum atomic E-state index is -3.94. The van der Waals surface area contributed by atoms with E-state index in [-0.39, 0.29) is 24.6 Å². The number of benzene rings is 2. The summed E-state index contributed by atoms with van der Waals surface area (Å²) in [7, 11) is -3.94. The highest BCUT2D eigenvalue weighted by molar-refractivity contribution is 7.89. The van der Waals surface area contributed by atoms with Crippen molar-refractivity contribution in [2.24, 2.45) is 0 Å². The first kappa shape index (κ1) is 21.7. The third-order valence-corrected chi connectivity index (χ3v) is 6.17. The molecule has 2 N–H and O–H groups in total. The second kappa shape index (κ2) is 9.52. The van der Waals surface area contributed by atoms with Crippen molar-refractivity contribution in [3.63, 3.8) is 0 Å². The van der Waals surface area contributed by atoms with E-state index in [4.69, 9.17) is 28.3 Å². The molecule has 2 rings (SSSR count). The lowest BCUT2D eigenvalue weighted by molar-refractivity contribution is -0.121. The number of aliphatic hydroxyl groups excluding tert-OH is 1. The third-order valence-electron chi connectivity index (χ3n) is 3.77. The van der Waals surface area contributed by atoms with Crippen LogP contribution in [-0.4, -0.2) is 43.4 Å². The van der Waals surface area contributed by atoms with Gasteiger partial charge < -0.3 is 10.4 Å². The third kappa shape index (κ3) is 5.92. The Kier molecular flexibility index (Phi) is 7.64. The van der Waals surface area contributed by atoms with E-state index in [2.05, 4.69) is 5.32 Å². The quantitative estimate of drug-likeness (QED) is 0.673. The molecule has 0 aliphatic heterocycles. The van der Waals surface area contributed by atoms with Crippen molar-refractivity contribution >= 4 is 39.1 Å². The first-order valence-electron chi connectivity index (χ1n) is 8.12. The molecule has 146 valence electrons. The maximum Gasteiger partial charge on any atom is 0.243 e. The van der Waals surface area contributed by atoms with Crippen molar-refractivity contribution in [1.82, 2.24) is 9.62 Å². The number of aliphatic hydroxyl groups is 1. The first-order chi connectivity index (χ1) is 12.7. The second-order valence-corrected chi connectivity index (χ2v) is 8.68. The number of amides is 1. The lowest BCUT2D eigenvalue weighted by atomic mass is 10.2. The Morgan fingerprint density at radius 1 is 1.15 bits per heavy atom. The molecular formula is C18H20Cl2N2O4S. The number of sulfonamides is 1. The van der Waals surface area contributed by atoms with Gasteiger partial charge in [0.05, 0.1) is 18.0 Å². The number of aryl methyl sites for hydroxylation is 1. The highest BCUT2D eigenvalue weighted by Crippen LogP contribution is 2.25. The van der Waals surface area contributed by atoms with Crippen LogP contribution in [0.1, 0.15) is 11.1 Å². The number of nitrogens with zero attached hydrogens (tertiary/aromatic N) is 1. The molecule has 0 spiro atoms. The molecule has 9 heteroatoms. The Labute approximate surface area is 168 Å². The Morgan fingerprint density at radius 2 is 1.81 bits per heavy atom. The molecule has 0 saturated heterocycles. The number of hydrogen-bond donors (Lipinski definition) is 2. The van der Waals surface area contributed by atoms with Crippen molar-refractivity contribution in [1.29, 1.82) is 0 Å². The van der Waals surface area contributed by atoms with E-state index in [9.17, 15) is 13.2 Å². The summed E-state index contributed by atoms with van der Waals surface area (Å²) in [6, 6.07) is 11.1. The number of hydrogen-bond acceptors (Lipinski definition) is 4. The minimum absolute atomic E-state index is 0.0406. The van der Waals surface area contributed by atoms with Crippen molar-refractivity contribution in [2.45, 2.75) is 18.4 Å². The summed E-state index contributed by atoms with van der Waals surface area (Å²) in [4.78, 5) is 12.2. The van der Waals surface area contributed by atoms with Crippen LogP contribution in [0.4, 0.5) is 0 Å². The van der Waals surface area contributed by atoms with Gasteiger partial charge in [-0.3, -0.25) is 4.79 Å². The zero-order valence-electron chi connectivity index (χ0n) is 14.7. The van der Waals surface area contributed by atoms with E-state index >= 15 is 0 Å². The molecule has 0 radical (unpaired) electrons. The van der Waals surface area contributed by atoms with Gasteiger partial charge in [0.15, 0.2) is 0 Å². The summed E-state index contributed by atoms with van der Waals surface area (Å²) in [5, 5.41) is 12.0. The monoisotopic (exact) mass is 430 g/mol. The fraction of sp³-hybridized carbons (Fsp3) is 0.278. The SMILES string of the molecule is Cc1ccc(S(=O)(=O)N(CC(=O)NCCO)Cc2ccc(Cl)cc2Cl)cc1. The number of carbonyl (C=O) groups is 1. The van der Waals surface area contributed by atoms with Gasteiger partial charge in [-0.05, 0) is 36.8 Å². The van der Waals surface area contributed by atoms with Crippen LogP contribution >= 0.6 is 23.2 Å². The van der Waals surface area contributed by atoms with E-state index in [0.29, 0.717) is 15.6 Å². The van der Waals surface area contributed by atoms with Gasteiger partial charge in [-0.15, -0.1) is 0 Å². The van der Waals surface area contributed by atoms with Gasteiger partial charge in [-0.25, -0.2) is 8.42 Å². The Bertz CT molecular complexity index is 902. The maximum atomic E-state index is 13.1. The van der Waals surface area contributed by atoms with Crippen LogP contribution in [0.25, 0.3) is 0 Å². The summed E-state index contributed by atoms with van der Waals surface area (Å²) in [6.07, 6.45) is 0. The number of nitrogens with one attached hydrogen (secondary N) is 1. The predicted molar refractivity (Wildman–Crippen MR) is 105 cm³/mol. The molecule has 2 aromatic rings. The van der Waals surface area contributed by atoms with Gasteiger partial charge in [-0.2, -0.15) is 4.31 Å². The molecule has 2 aromatic carbocycles. The molecular weight excluding hydrogens is 411 g/mol. The van der Waals surface area contributed by atoms with E-state index < -0.39 is 22.5 Å². The van der Waals surface area contributed by atoms with Crippen molar-refractivity contribution in [3.8, 4) is 0 Å². The highest BCUT2D eigenvalue weighted by atomic mass is 35.5. The zero-order valence-corrected chi connectivity index (χ0v) is 17.0. The number of carbonyl (C=O) groups excluding carboxylic acids is 1. The van der Waals surface area contributed by atoms with E-state index in [0.717, 1.165) is 9.87 Å². The van der Waals surface area contributed by atoms with Crippen LogP contribution in [0.5, 0.6) is 0 Å². The maximum absolute atomic E-state index is 13.1. The molecule has 0 aromatic heterocycles. The summed E-state index contributed by atoms with van der Waals surface area (Å²) in [5.41, 5.74) is 1.44. The van der Waals surface area contributed by atoms with Gasteiger partial charge >= 0.3 is 0 Å². The van der Waals surface area contributed by atoms with Crippen molar-refractivity contribution < 1.29 is 18.3 Å². The van der Waals surface area contributed by atoms with Gasteiger partial charge in [-0.1, -0.05) is 47.0 Å². The van der Waals surface area contributed by atoms with Gasteiger partial charge in [0.25, 0.3) is 0 Å². The van der Waals surface area contributed by atoms with E-state index in [1.807, 2.05) is 6.92 Å². The summed E-state index contributed by atoms with van der Waals surface area (Å²) in [5.74, 6) is -0.523. The molecule has 0 unspecified atom stereocenters. The summed E-state index contributed by atoms with van der Waals surface area (Å²) in [6.45, 7) is 1.15. The minimum Gasteiger partial charge on any atom is -0.395 e. The largest absolute Gasteiger partial charge is 0.395 e. The first-order valence-corrected chi connectivity index (χ1v) is 10.3. The standard InChI is InChI=1S/C18H20Cl2N2O4S/c1-13-2-6-16(7-3-13)27(25,26)22(12-18(24)21-8-9-23)11-14-4-5-15(19)10-17(14)20/h2-7,10,23H,8-9,11-12H2,1H3,(H,21,24). The lowest BCUT2D eigenvalue weighted by Gasteiger charge is -2.22. The fourth-order valence-electron chi connectivity index (χ4n) is 2.34. The van der Waals surface area contributed by atoms with Crippen LogP contribution in [0.15, 0.2) is 47.4 Å². The topological polar surface area (TPSA) is 86.7 Å². The van der Waals surface area contributed by atoms with Crippen molar-refractivity contribution in [3.05, 3.63) is 63.6 Å². The van der Waals surface area contributed by atoms with Gasteiger partial charge in [0, 0.05) is 23.1 Å². The van der Waals surface area contributed by atoms with Gasteiger partial charge in [0.1, 0.15) is 0 Å². The molecule has 0 saturated carbocycles. The molecule has 0 aliphatic carbocycles. The van der Waals surface area contributed by atoms with Crippen molar-refractivity contribution in [2.75, 3.05) is 19.7 Å². The van der Waals surface area contributed by atoms with Crippen LogP contribution in [0.3, 0.4) is 0 Å². The molecule has 0 heterocycles. The Morgan fingerprint density at radius 3 is 2.41 bits per heavy atom. The molecule has 0 aliphatic rings. The Hall–Kier alpha value is -1.64. The van der Waals surface area contributed by atoms with Crippen LogP contribution < -0.4 is 5.32 Å². The number of rotatable bonds is 8. The zero-order chi connectivity index (χ0) is 20.0. The average Bonchev–Trinajstić information content (AvgIpc) is 2.61. The fourth-order valence-corrected chi connectivity index (χ4v) is 4.18. The smallest absolute Gasteiger partial charge is 0.243 e. The van der Waals surface area contributed by atoms with Crippen LogP contribution in [0, 0.1) is 6.92 Å². The molecule has 1 amide bonds. The van der Waals surface area contributed by atoms with Gasteiger partial charge in [0.2, 0.25) is 15.9 Å². The molecule has 0 atom stereocenters. The number of halogens is 2. The van der Waals surface area contributed by atoms with Crippen LogP contribution in [0.2, 0.25) is 10.0 Å². The predicted octanol–water partition coefficient (Wildman–Crippen LogP) is 2.60. The molecule has 27 heavy (non-hydrogen) atoms. The normalized spacial score (nSPS) is 11.6. The molecule has 0 fully saturated rings. The van der Waals surface area contributed by atoms with E-state index in [1.165, 1.54) is 18.2 Å². The second-order valence-electron chi connectivity index (χ2n) is 5.90. The van der Waals surface area contributed by atoms with Crippen LogP contribution in [-0.2, 0) is 21.4 Å². The average molecular weight is 431 g/mol. The highest BCUT2D eigenvalue weighted by Gasteiger charge is 2.27. The molecule has 6 nitrogen and oxygen atoms in total. The molecule has 0 bridgehead atoms. The summed E-state index contributed by atoms with van der Waals surface area (Å²) >= 11 is 12.1. The Balaban J connectivity index is 2.36.